The number of aliphatic carboxylic acids is 1. The number of carbonyl (C=O) groups is 4. The highest BCUT2D eigenvalue weighted by Crippen LogP contribution is 2.36. The minimum Gasteiger partial charge on any atom is -0.493 e. The number of hydrogen-bond donors (Lipinski definition) is 7. The number of fused-ring (bicyclic) bond motifs is 17. The van der Waals surface area contributed by atoms with Crippen LogP contribution < -0.4 is 20.7 Å². The SMILES string of the molecule is Cc1cc2cc(C)c1OCCCOCC(NC(=O)C1CCCOC1)COC/C=C/C[C@]1(C(=O)O)C[C@H](O)C(NC(=O)Cn3cc(C4CCCCC4)nn3)C(O1)[C@H](O)[C@H](O)CNC2=O. The number of aromatic nitrogens is 3. The summed E-state index contributed by atoms with van der Waals surface area (Å²) in [5, 5.41) is 61.8. The lowest BCUT2D eigenvalue weighted by molar-refractivity contribution is -0.226. The second-order valence-corrected chi connectivity index (χ2v) is 17.2. The van der Waals surface area contributed by atoms with E-state index >= 15 is 0 Å². The zero-order valence-corrected chi connectivity index (χ0v) is 36.2. The Bertz CT molecular complexity index is 1860. The van der Waals surface area contributed by atoms with Gasteiger partial charge >= 0.3 is 5.97 Å². The summed E-state index contributed by atoms with van der Waals surface area (Å²) >= 11 is 0. The van der Waals surface area contributed by atoms with Crippen molar-refractivity contribution in [2.75, 3.05) is 52.8 Å². The number of aliphatic hydroxyl groups excluding tert-OH is 3. The molecule has 4 aliphatic heterocycles. The van der Waals surface area contributed by atoms with Crippen LogP contribution in [-0.4, -0.2) is 154 Å². The number of rotatable bonds is 7. The minimum absolute atomic E-state index is 0.0241. The van der Waals surface area contributed by atoms with Gasteiger partial charge in [-0.15, -0.1) is 5.10 Å². The van der Waals surface area contributed by atoms with Crippen molar-refractivity contribution in [3.05, 3.63) is 52.9 Å². The molecule has 1 aliphatic carbocycles. The number of hydrogen-bond acceptors (Lipinski definition) is 14. The number of ether oxygens (including phenoxy) is 5. The molecule has 7 N–H and O–H groups in total. The summed E-state index contributed by atoms with van der Waals surface area (Å²) in [4.78, 5) is 52.9. The van der Waals surface area contributed by atoms with Crippen molar-refractivity contribution in [3.8, 4) is 5.75 Å². The van der Waals surface area contributed by atoms with Crippen LogP contribution in [-0.2, 0) is 39.9 Å². The monoisotopic (exact) mass is 884 g/mol. The molecule has 2 saturated heterocycles. The minimum atomic E-state index is -2.11. The van der Waals surface area contributed by atoms with E-state index in [0.717, 1.165) is 37.8 Å². The Morgan fingerprint density at radius 2 is 1.62 bits per heavy atom. The van der Waals surface area contributed by atoms with Crippen molar-refractivity contribution in [3.63, 3.8) is 0 Å². The first-order chi connectivity index (χ1) is 30.3. The Morgan fingerprint density at radius 3 is 2.35 bits per heavy atom. The molecule has 5 aliphatic rings. The highest BCUT2D eigenvalue weighted by molar-refractivity contribution is 5.95. The molecule has 1 aromatic heterocycles. The van der Waals surface area contributed by atoms with Gasteiger partial charge in [0.05, 0.1) is 68.9 Å². The third-order valence-corrected chi connectivity index (χ3v) is 12.2. The molecule has 3 fully saturated rings. The molecule has 5 heterocycles. The number of benzene rings is 1. The maximum atomic E-state index is 13.5. The van der Waals surface area contributed by atoms with Crippen LogP contribution in [0.1, 0.15) is 97.3 Å². The Morgan fingerprint density at radius 1 is 0.889 bits per heavy atom. The average Bonchev–Trinajstić information content (AvgIpc) is 3.74. The van der Waals surface area contributed by atoms with Crippen molar-refractivity contribution in [2.45, 2.75) is 133 Å². The average molecular weight is 885 g/mol. The summed E-state index contributed by atoms with van der Waals surface area (Å²) in [6, 6.07) is 1.39. The zero-order chi connectivity index (χ0) is 44.9. The molecule has 1 aromatic carbocycles. The van der Waals surface area contributed by atoms with E-state index in [1.54, 1.807) is 38.3 Å². The normalized spacial score (nSPS) is 30.4. The Kier molecular flexibility index (Phi) is 17.4. The van der Waals surface area contributed by atoms with Gasteiger partial charge in [0.15, 0.2) is 5.60 Å². The van der Waals surface area contributed by atoms with Crippen LogP contribution in [0.2, 0.25) is 0 Å². The van der Waals surface area contributed by atoms with Crippen molar-refractivity contribution in [1.29, 1.82) is 0 Å². The van der Waals surface area contributed by atoms with Gasteiger partial charge in [0.25, 0.3) is 5.91 Å². The first kappa shape index (κ1) is 48.0. The molecule has 348 valence electrons. The number of carboxylic acids is 1. The van der Waals surface area contributed by atoms with Crippen LogP contribution in [0.15, 0.2) is 30.5 Å². The van der Waals surface area contributed by atoms with Crippen molar-refractivity contribution in [1.82, 2.24) is 30.9 Å². The van der Waals surface area contributed by atoms with Crippen LogP contribution in [0.4, 0.5) is 0 Å². The number of carbonyl (C=O) groups excluding carboxylic acids is 3. The van der Waals surface area contributed by atoms with E-state index in [9.17, 15) is 39.6 Å². The van der Waals surface area contributed by atoms with Gasteiger partial charge in [0, 0.05) is 56.7 Å². The number of carboxylic acid groups (broad SMARTS) is 1. The fraction of sp³-hybridized carbons (Fsp3) is 0.682. The van der Waals surface area contributed by atoms with E-state index < -0.39 is 72.8 Å². The predicted molar refractivity (Wildman–Crippen MR) is 225 cm³/mol. The first-order valence-corrected chi connectivity index (χ1v) is 22.2. The van der Waals surface area contributed by atoms with E-state index in [-0.39, 0.29) is 56.1 Å². The fourth-order valence-corrected chi connectivity index (χ4v) is 8.76. The summed E-state index contributed by atoms with van der Waals surface area (Å²) in [5.74, 6) is -2.22. The molecule has 8 atom stereocenters. The van der Waals surface area contributed by atoms with Crippen LogP contribution in [0.5, 0.6) is 5.75 Å². The highest BCUT2D eigenvalue weighted by atomic mass is 16.6. The number of amides is 3. The van der Waals surface area contributed by atoms with Crippen molar-refractivity contribution in [2.24, 2.45) is 5.92 Å². The Balaban J connectivity index is 1.20. The lowest BCUT2D eigenvalue weighted by atomic mass is 9.81. The predicted octanol–water partition coefficient (Wildman–Crippen LogP) is 1.23. The van der Waals surface area contributed by atoms with Gasteiger partial charge in [0.2, 0.25) is 11.8 Å². The topological polar surface area (TPSA) is 262 Å². The van der Waals surface area contributed by atoms with Gasteiger partial charge in [-0.3, -0.25) is 14.4 Å². The molecule has 19 nitrogen and oxygen atoms in total. The van der Waals surface area contributed by atoms with E-state index in [1.165, 1.54) is 17.2 Å². The Labute approximate surface area is 367 Å². The van der Waals surface area contributed by atoms with Gasteiger partial charge < -0.3 is 60.1 Å². The quantitative estimate of drug-likeness (QED) is 0.193. The third-order valence-electron chi connectivity index (χ3n) is 12.2. The van der Waals surface area contributed by atoms with E-state index in [4.69, 9.17) is 23.7 Å². The van der Waals surface area contributed by atoms with Crippen LogP contribution in [0.3, 0.4) is 0 Å². The molecule has 0 spiro atoms. The second-order valence-electron chi connectivity index (χ2n) is 17.2. The molecule has 4 bridgehead atoms. The summed E-state index contributed by atoms with van der Waals surface area (Å²) in [6.07, 6.45) is 4.53. The molecule has 1 saturated carbocycles. The second kappa shape index (κ2) is 22.9. The van der Waals surface area contributed by atoms with Gasteiger partial charge in [0.1, 0.15) is 24.5 Å². The summed E-state index contributed by atoms with van der Waals surface area (Å²) in [5.41, 5.74) is 0.336. The molecular formula is C44H64N6O13. The maximum absolute atomic E-state index is 13.5. The van der Waals surface area contributed by atoms with Gasteiger partial charge in [-0.05, 0) is 62.8 Å². The fourth-order valence-electron chi connectivity index (χ4n) is 8.76. The standard InChI is InChI=1S/C44H64N6O13/c1-27-18-31-19-28(2)39(27)62-17-9-16-61-26-32(46-42(56)30-12-8-15-59-24-30)25-60-14-7-6-13-44(43(57)58)20-34(51)37(40(63-44)38(54)35(52)21-45-41(31)55)47-36(53)23-50-22-33(48-49-50)29-10-4-3-5-11-29/h6-7,18-19,22,29-30,32,34-35,37-38,40,51-52,54H,3-5,8-17,20-21,23-26H2,1-2H3,(H,45,55)(H,46,56)(H,47,53)(H,57,58)/b7-6+/t30?,32?,34-,35+,37?,38+,40?,44+/m0/s1. The van der Waals surface area contributed by atoms with Crippen molar-refractivity contribution < 1.29 is 63.3 Å². The van der Waals surface area contributed by atoms with Crippen LogP contribution >= 0.6 is 0 Å². The summed E-state index contributed by atoms with van der Waals surface area (Å²) < 4.78 is 30.9. The van der Waals surface area contributed by atoms with E-state index in [2.05, 4.69) is 26.3 Å². The summed E-state index contributed by atoms with van der Waals surface area (Å²) in [6.45, 7) is 4.71. The molecule has 4 unspecified atom stereocenters. The maximum Gasteiger partial charge on any atom is 0.336 e. The highest BCUT2D eigenvalue weighted by Gasteiger charge is 2.54. The molecule has 3 amide bonds. The smallest absolute Gasteiger partial charge is 0.336 e. The molecular weight excluding hydrogens is 821 g/mol. The van der Waals surface area contributed by atoms with Crippen LogP contribution in [0, 0.1) is 19.8 Å². The van der Waals surface area contributed by atoms with E-state index in [1.807, 2.05) is 0 Å². The van der Waals surface area contributed by atoms with Crippen molar-refractivity contribution >= 4 is 23.7 Å². The summed E-state index contributed by atoms with van der Waals surface area (Å²) in [7, 11) is 0. The molecule has 0 radical (unpaired) electrons. The molecule has 63 heavy (non-hydrogen) atoms. The number of aliphatic hydroxyl groups is 3. The van der Waals surface area contributed by atoms with Crippen LogP contribution in [0.25, 0.3) is 0 Å². The Hall–Kier alpha value is -4.50. The van der Waals surface area contributed by atoms with E-state index in [0.29, 0.717) is 56.1 Å². The first-order valence-electron chi connectivity index (χ1n) is 22.2. The number of aryl methyl sites for hydroxylation is 2. The molecule has 7 rings (SSSR count). The van der Waals surface area contributed by atoms with Gasteiger partial charge in [-0.1, -0.05) is 36.6 Å². The molecule has 2 aromatic rings. The zero-order valence-electron chi connectivity index (χ0n) is 36.2. The van der Waals surface area contributed by atoms with Gasteiger partial charge in [-0.25, -0.2) is 9.48 Å². The largest absolute Gasteiger partial charge is 0.493 e. The number of nitrogens with zero attached hydrogens (tertiary/aromatic N) is 3. The third kappa shape index (κ3) is 13.0. The van der Waals surface area contributed by atoms with Gasteiger partial charge in [-0.2, -0.15) is 0 Å². The number of nitrogens with one attached hydrogen (secondary N) is 3. The lowest BCUT2D eigenvalue weighted by Gasteiger charge is -2.47. The molecule has 19 heteroatoms. The lowest BCUT2D eigenvalue weighted by Crippen LogP contribution is -2.67.